The fraction of sp³-hybridized carbons (Fsp3) is 0.455. The van der Waals surface area contributed by atoms with Crippen LogP contribution in [-0.2, 0) is 0 Å². The lowest BCUT2D eigenvalue weighted by atomic mass is 10.1. The van der Waals surface area contributed by atoms with Gasteiger partial charge in [0, 0.05) is 5.02 Å². The molecular weight excluding hydrogens is 216 g/mol. The van der Waals surface area contributed by atoms with Crippen LogP contribution in [0.2, 0.25) is 5.02 Å². The molecule has 0 aliphatic carbocycles. The van der Waals surface area contributed by atoms with Crippen molar-refractivity contribution < 1.29 is 5.11 Å². The highest BCUT2D eigenvalue weighted by Crippen LogP contribution is 2.25. The Morgan fingerprint density at radius 1 is 1.43 bits per heavy atom. The summed E-state index contributed by atoms with van der Waals surface area (Å²) in [6, 6.07) is 7.47. The van der Waals surface area contributed by atoms with E-state index in [1.54, 1.807) is 11.8 Å². The van der Waals surface area contributed by atoms with Gasteiger partial charge in [0.1, 0.15) is 0 Å². The highest BCUT2D eigenvalue weighted by molar-refractivity contribution is 7.98. The van der Waals surface area contributed by atoms with Crippen molar-refractivity contribution in [1.82, 2.24) is 0 Å². The van der Waals surface area contributed by atoms with Crippen LogP contribution in [0.3, 0.4) is 0 Å². The van der Waals surface area contributed by atoms with Crippen LogP contribution in [0.5, 0.6) is 0 Å². The average Bonchev–Trinajstić information content (AvgIpc) is 2.18. The standard InChI is InChI=1S/C11H15ClOS/c1-14-8-4-7-11(13)9-5-2-3-6-10(9)12/h2-3,5-6,11,13H,4,7-8H2,1H3. The third kappa shape index (κ3) is 3.52. The number of thioether (sulfide) groups is 1. The van der Waals surface area contributed by atoms with Crippen molar-refractivity contribution in [2.45, 2.75) is 18.9 Å². The third-order valence-corrected chi connectivity index (χ3v) is 3.13. The zero-order chi connectivity index (χ0) is 10.4. The van der Waals surface area contributed by atoms with Gasteiger partial charge in [0.2, 0.25) is 0 Å². The summed E-state index contributed by atoms with van der Waals surface area (Å²) in [6.07, 6.45) is 3.45. The van der Waals surface area contributed by atoms with Gasteiger partial charge in [-0.3, -0.25) is 0 Å². The molecule has 1 rings (SSSR count). The van der Waals surface area contributed by atoms with Crippen LogP contribution in [0.15, 0.2) is 24.3 Å². The SMILES string of the molecule is CSCCCC(O)c1ccccc1Cl. The van der Waals surface area contributed by atoms with Crippen molar-refractivity contribution in [3.63, 3.8) is 0 Å². The molecule has 0 radical (unpaired) electrons. The Balaban J connectivity index is 2.51. The van der Waals surface area contributed by atoms with Crippen LogP contribution < -0.4 is 0 Å². The number of rotatable bonds is 5. The van der Waals surface area contributed by atoms with Gasteiger partial charge in [-0.05, 0) is 36.5 Å². The van der Waals surface area contributed by atoms with Crippen molar-refractivity contribution >= 4 is 23.4 Å². The van der Waals surface area contributed by atoms with Gasteiger partial charge in [-0.15, -0.1) is 0 Å². The van der Waals surface area contributed by atoms with Gasteiger partial charge in [-0.25, -0.2) is 0 Å². The Hall–Kier alpha value is -0.180. The topological polar surface area (TPSA) is 20.2 Å². The first-order chi connectivity index (χ1) is 6.75. The molecule has 0 heterocycles. The van der Waals surface area contributed by atoms with Crippen molar-refractivity contribution in [2.24, 2.45) is 0 Å². The summed E-state index contributed by atoms with van der Waals surface area (Å²) < 4.78 is 0. The molecule has 1 aromatic rings. The van der Waals surface area contributed by atoms with Crippen LogP contribution in [-0.4, -0.2) is 17.1 Å². The molecule has 0 fully saturated rings. The number of halogens is 1. The molecular formula is C11H15ClOS. The summed E-state index contributed by atoms with van der Waals surface area (Å²) >= 11 is 7.77. The molecule has 0 saturated heterocycles. The molecule has 78 valence electrons. The lowest BCUT2D eigenvalue weighted by Crippen LogP contribution is -1.98. The highest BCUT2D eigenvalue weighted by Gasteiger charge is 2.09. The number of aliphatic hydroxyl groups is 1. The van der Waals surface area contributed by atoms with E-state index in [1.165, 1.54) is 0 Å². The zero-order valence-corrected chi connectivity index (χ0v) is 9.81. The van der Waals surface area contributed by atoms with E-state index in [4.69, 9.17) is 11.6 Å². The molecule has 1 nitrogen and oxygen atoms in total. The summed E-state index contributed by atoms with van der Waals surface area (Å²) in [4.78, 5) is 0. The molecule has 1 aromatic carbocycles. The minimum atomic E-state index is -0.421. The van der Waals surface area contributed by atoms with Crippen molar-refractivity contribution in [2.75, 3.05) is 12.0 Å². The second-order valence-electron chi connectivity index (χ2n) is 3.17. The average molecular weight is 231 g/mol. The molecule has 0 aromatic heterocycles. The molecule has 1 atom stereocenters. The number of hydrogen-bond donors (Lipinski definition) is 1. The van der Waals surface area contributed by atoms with E-state index in [0.29, 0.717) is 5.02 Å². The van der Waals surface area contributed by atoms with E-state index < -0.39 is 6.10 Å². The van der Waals surface area contributed by atoms with Crippen LogP contribution in [0.1, 0.15) is 24.5 Å². The minimum Gasteiger partial charge on any atom is -0.388 e. The lowest BCUT2D eigenvalue weighted by Gasteiger charge is -2.11. The summed E-state index contributed by atoms with van der Waals surface area (Å²) in [6.45, 7) is 0. The molecule has 1 N–H and O–H groups in total. The molecule has 0 aliphatic rings. The smallest absolute Gasteiger partial charge is 0.0804 e. The Bertz CT molecular complexity index is 278. The maximum absolute atomic E-state index is 9.83. The predicted octanol–water partition coefficient (Wildman–Crippen LogP) is 3.52. The predicted molar refractivity (Wildman–Crippen MR) is 64.0 cm³/mol. The number of hydrogen-bond acceptors (Lipinski definition) is 2. The summed E-state index contributed by atoms with van der Waals surface area (Å²) in [5.74, 6) is 1.08. The maximum Gasteiger partial charge on any atom is 0.0804 e. The molecule has 0 saturated carbocycles. The van der Waals surface area contributed by atoms with Crippen molar-refractivity contribution in [1.29, 1.82) is 0 Å². The summed E-state index contributed by atoms with van der Waals surface area (Å²) in [5, 5.41) is 10.5. The first-order valence-electron chi connectivity index (χ1n) is 4.67. The van der Waals surface area contributed by atoms with Gasteiger partial charge in [-0.1, -0.05) is 29.8 Å². The normalized spacial score (nSPS) is 12.8. The number of aliphatic hydroxyl groups excluding tert-OH is 1. The Kier molecular flexibility index (Phi) is 5.38. The largest absolute Gasteiger partial charge is 0.388 e. The fourth-order valence-corrected chi connectivity index (χ4v) is 2.04. The van der Waals surface area contributed by atoms with Crippen LogP contribution in [0, 0.1) is 0 Å². The number of benzene rings is 1. The van der Waals surface area contributed by atoms with Crippen LogP contribution >= 0.6 is 23.4 Å². The first-order valence-corrected chi connectivity index (χ1v) is 6.44. The second-order valence-corrected chi connectivity index (χ2v) is 4.57. The van der Waals surface area contributed by atoms with E-state index in [-0.39, 0.29) is 0 Å². The van der Waals surface area contributed by atoms with E-state index in [9.17, 15) is 5.11 Å². The molecule has 1 unspecified atom stereocenters. The highest BCUT2D eigenvalue weighted by atomic mass is 35.5. The van der Waals surface area contributed by atoms with E-state index in [1.807, 2.05) is 24.3 Å². The maximum atomic E-state index is 9.83. The van der Waals surface area contributed by atoms with E-state index in [0.717, 1.165) is 24.2 Å². The van der Waals surface area contributed by atoms with Crippen molar-refractivity contribution in [3.8, 4) is 0 Å². The van der Waals surface area contributed by atoms with Gasteiger partial charge < -0.3 is 5.11 Å². The molecule has 0 amide bonds. The molecule has 0 bridgehead atoms. The minimum absolute atomic E-state index is 0.421. The second kappa shape index (κ2) is 6.33. The monoisotopic (exact) mass is 230 g/mol. The molecule has 14 heavy (non-hydrogen) atoms. The molecule has 0 spiro atoms. The Morgan fingerprint density at radius 3 is 2.79 bits per heavy atom. The zero-order valence-electron chi connectivity index (χ0n) is 8.24. The Labute approximate surface area is 94.5 Å². The van der Waals surface area contributed by atoms with Gasteiger partial charge in [0.25, 0.3) is 0 Å². The van der Waals surface area contributed by atoms with Gasteiger partial charge in [0.05, 0.1) is 6.10 Å². The fourth-order valence-electron chi connectivity index (χ4n) is 1.32. The van der Waals surface area contributed by atoms with Gasteiger partial charge in [0.15, 0.2) is 0 Å². The van der Waals surface area contributed by atoms with Gasteiger partial charge >= 0.3 is 0 Å². The van der Waals surface area contributed by atoms with E-state index >= 15 is 0 Å². The van der Waals surface area contributed by atoms with Crippen LogP contribution in [0.25, 0.3) is 0 Å². The first kappa shape index (κ1) is 11.9. The molecule has 3 heteroatoms. The van der Waals surface area contributed by atoms with Gasteiger partial charge in [-0.2, -0.15) is 11.8 Å². The quantitative estimate of drug-likeness (QED) is 0.782. The van der Waals surface area contributed by atoms with Crippen molar-refractivity contribution in [3.05, 3.63) is 34.9 Å². The lowest BCUT2D eigenvalue weighted by molar-refractivity contribution is 0.167. The summed E-state index contributed by atoms with van der Waals surface area (Å²) in [5.41, 5.74) is 0.843. The van der Waals surface area contributed by atoms with Crippen LogP contribution in [0.4, 0.5) is 0 Å². The summed E-state index contributed by atoms with van der Waals surface area (Å²) in [7, 11) is 0. The molecule has 0 aliphatic heterocycles. The Morgan fingerprint density at radius 2 is 2.14 bits per heavy atom. The van der Waals surface area contributed by atoms with E-state index in [2.05, 4.69) is 6.26 Å². The third-order valence-electron chi connectivity index (χ3n) is 2.09.